The topological polar surface area (TPSA) is 97.6 Å². The van der Waals surface area contributed by atoms with Crippen LogP contribution >= 0.6 is 34.7 Å². The fourth-order valence-electron chi connectivity index (χ4n) is 2.73. The summed E-state index contributed by atoms with van der Waals surface area (Å²) in [5.74, 6) is 0.740. The summed E-state index contributed by atoms with van der Waals surface area (Å²) in [6, 6.07) is 10.8. The number of thioether (sulfide) groups is 1. The first-order valence-corrected chi connectivity index (χ1v) is 10.2. The lowest BCUT2D eigenvalue weighted by molar-refractivity contribution is -0.130. The molecule has 4 rings (SSSR count). The van der Waals surface area contributed by atoms with Gasteiger partial charge in [-0.05, 0) is 29.8 Å². The number of hydrogen-bond donors (Lipinski definition) is 1. The van der Waals surface area contributed by atoms with E-state index < -0.39 is 0 Å². The molecule has 2 aromatic heterocycles. The lowest BCUT2D eigenvalue weighted by Gasteiger charge is -2.19. The molecule has 10 heteroatoms. The fourth-order valence-corrected chi connectivity index (χ4v) is 4.34. The molecule has 0 fully saturated rings. The molecule has 0 saturated carbocycles. The van der Waals surface area contributed by atoms with E-state index in [0.29, 0.717) is 26.7 Å². The molecule has 3 heterocycles. The molecule has 1 atom stereocenters. The summed E-state index contributed by atoms with van der Waals surface area (Å²) in [4.78, 5) is 12.8. The van der Waals surface area contributed by atoms with Gasteiger partial charge in [0.15, 0.2) is 4.34 Å². The first kappa shape index (κ1) is 18.0. The Labute approximate surface area is 168 Å². The molecule has 1 aromatic carbocycles. The molecule has 0 saturated heterocycles. The van der Waals surface area contributed by atoms with Crippen LogP contribution in [-0.4, -0.2) is 32.6 Å². The maximum atomic E-state index is 12.8. The zero-order valence-electron chi connectivity index (χ0n) is 13.9. The highest BCUT2D eigenvalue weighted by Gasteiger charge is 2.34. The number of aromatic nitrogens is 2. The number of amides is 1. The van der Waals surface area contributed by atoms with Gasteiger partial charge >= 0.3 is 0 Å². The maximum absolute atomic E-state index is 12.8. The van der Waals surface area contributed by atoms with Gasteiger partial charge < -0.3 is 10.2 Å². The van der Waals surface area contributed by atoms with Crippen LogP contribution in [0.2, 0.25) is 5.02 Å². The number of halogens is 1. The molecule has 1 unspecified atom stereocenters. The van der Waals surface area contributed by atoms with Gasteiger partial charge in [-0.25, -0.2) is 5.01 Å². The van der Waals surface area contributed by atoms with Crippen LogP contribution in [0.1, 0.15) is 23.8 Å². The highest BCUT2D eigenvalue weighted by molar-refractivity contribution is 8.01. The second-order valence-corrected chi connectivity index (χ2v) is 8.39. The van der Waals surface area contributed by atoms with Crippen molar-refractivity contribution in [2.24, 2.45) is 5.10 Å². The molecular formula is C17H14ClN5O2S2. The average molecular weight is 420 g/mol. The van der Waals surface area contributed by atoms with E-state index in [1.54, 1.807) is 12.3 Å². The molecule has 2 N–H and O–H groups in total. The van der Waals surface area contributed by atoms with Crippen LogP contribution in [0.15, 0.2) is 56.5 Å². The van der Waals surface area contributed by atoms with Crippen molar-refractivity contribution in [1.29, 1.82) is 0 Å². The average Bonchev–Trinajstić information content (AvgIpc) is 3.40. The molecule has 138 valence electrons. The second-order valence-electron chi connectivity index (χ2n) is 5.72. The maximum Gasteiger partial charge on any atom is 0.253 e. The quantitative estimate of drug-likeness (QED) is 0.631. The van der Waals surface area contributed by atoms with Crippen molar-refractivity contribution in [1.82, 2.24) is 15.2 Å². The van der Waals surface area contributed by atoms with Crippen LogP contribution in [0, 0.1) is 0 Å². The lowest BCUT2D eigenvalue weighted by atomic mass is 10.0. The number of nitrogens with two attached hydrogens (primary N) is 1. The Hall–Kier alpha value is -2.36. The predicted octanol–water partition coefficient (Wildman–Crippen LogP) is 3.84. The third-order valence-corrected chi connectivity index (χ3v) is 6.08. The van der Waals surface area contributed by atoms with E-state index in [-0.39, 0.29) is 17.7 Å². The Balaban J connectivity index is 1.55. The summed E-state index contributed by atoms with van der Waals surface area (Å²) in [5, 5.41) is 14.8. The number of hydrogen-bond acceptors (Lipinski definition) is 8. The number of benzene rings is 1. The first-order chi connectivity index (χ1) is 13.1. The third-order valence-electron chi connectivity index (χ3n) is 3.96. The molecule has 0 bridgehead atoms. The van der Waals surface area contributed by atoms with Crippen molar-refractivity contribution < 1.29 is 9.21 Å². The zero-order valence-corrected chi connectivity index (χ0v) is 16.3. The number of furan rings is 1. The van der Waals surface area contributed by atoms with Gasteiger partial charge in [-0.1, -0.05) is 46.8 Å². The normalized spacial score (nSPS) is 16.6. The summed E-state index contributed by atoms with van der Waals surface area (Å²) in [7, 11) is 0. The Morgan fingerprint density at radius 3 is 2.81 bits per heavy atom. The van der Waals surface area contributed by atoms with E-state index in [4.69, 9.17) is 21.8 Å². The van der Waals surface area contributed by atoms with Crippen LogP contribution < -0.4 is 5.73 Å². The van der Waals surface area contributed by atoms with Gasteiger partial charge in [0.1, 0.15) is 11.8 Å². The van der Waals surface area contributed by atoms with Gasteiger partial charge in [0, 0.05) is 11.4 Å². The molecule has 1 amide bonds. The van der Waals surface area contributed by atoms with Crippen molar-refractivity contribution in [2.75, 3.05) is 11.5 Å². The summed E-state index contributed by atoms with van der Waals surface area (Å²) in [6.07, 6.45) is 2.16. The number of nitrogen functional groups attached to an aromatic ring is 1. The molecule has 0 radical (unpaired) electrons. The summed E-state index contributed by atoms with van der Waals surface area (Å²) < 4.78 is 6.18. The van der Waals surface area contributed by atoms with Crippen LogP contribution in [-0.2, 0) is 4.79 Å². The minimum atomic E-state index is -0.279. The SMILES string of the molecule is Nc1nnc(SCC(=O)N2N=C(c3ccc(Cl)cc3)CC2c2ccco2)s1. The lowest BCUT2D eigenvalue weighted by Crippen LogP contribution is -2.28. The van der Waals surface area contributed by atoms with Gasteiger partial charge in [0.05, 0.1) is 17.7 Å². The zero-order chi connectivity index (χ0) is 18.8. The van der Waals surface area contributed by atoms with E-state index in [1.807, 2.05) is 30.3 Å². The van der Waals surface area contributed by atoms with Gasteiger partial charge in [-0.15, -0.1) is 10.2 Å². The molecular weight excluding hydrogens is 406 g/mol. The van der Waals surface area contributed by atoms with Crippen LogP contribution in [0.5, 0.6) is 0 Å². The number of rotatable bonds is 5. The summed E-state index contributed by atoms with van der Waals surface area (Å²) in [5.41, 5.74) is 7.32. The highest BCUT2D eigenvalue weighted by atomic mass is 35.5. The highest BCUT2D eigenvalue weighted by Crippen LogP contribution is 2.34. The van der Waals surface area contributed by atoms with E-state index in [0.717, 1.165) is 11.3 Å². The van der Waals surface area contributed by atoms with E-state index in [2.05, 4.69) is 15.3 Å². The molecule has 3 aromatic rings. The molecule has 7 nitrogen and oxygen atoms in total. The summed E-state index contributed by atoms with van der Waals surface area (Å²) in [6.45, 7) is 0. The number of carbonyl (C=O) groups excluding carboxylic acids is 1. The minimum Gasteiger partial charge on any atom is -0.467 e. The Morgan fingerprint density at radius 1 is 1.33 bits per heavy atom. The third kappa shape index (κ3) is 4.00. The van der Waals surface area contributed by atoms with Crippen molar-refractivity contribution >= 4 is 51.5 Å². The predicted molar refractivity (Wildman–Crippen MR) is 106 cm³/mol. The van der Waals surface area contributed by atoms with Crippen molar-refractivity contribution in [3.63, 3.8) is 0 Å². The molecule has 1 aliphatic heterocycles. The van der Waals surface area contributed by atoms with Gasteiger partial charge in [0.2, 0.25) is 5.13 Å². The minimum absolute atomic E-state index is 0.140. The van der Waals surface area contributed by atoms with E-state index in [9.17, 15) is 4.79 Å². The Kier molecular flexibility index (Phi) is 5.15. The number of hydrazone groups is 1. The number of carbonyl (C=O) groups is 1. The van der Waals surface area contributed by atoms with E-state index >= 15 is 0 Å². The molecule has 0 spiro atoms. The van der Waals surface area contributed by atoms with Crippen LogP contribution in [0.4, 0.5) is 5.13 Å². The molecule has 1 aliphatic rings. The van der Waals surface area contributed by atoms with E-state index in [1.165, 1.54) is 28.1 Å². The Bertz CT molecular complexity index is 972. The standard InChI is InChI=1S/C17H14ClN5O2S2/c18-11-5-3-10(4-6-11)12-8-13(14-2-1-7-25-14)23(22-12)15(24)9-26-17-21-20-16(19)27-17/h1-7,13H,8-9H2,(H2,19,20). The Morgan fingerprint density at radius 2 is 2.15 bits per heavy atom. The van der Waals surface area contributed by atoms with Crippen molar-refractivity contribution in [2.45, 2.75) is 16.8 Å². The van der Waals surface area contributed by atoms with Crippen LogP contribution in [0.3, 0.4) is 0 Å². The number of anilines is 1. The van der Waals surface area contributed by atoms with Crippen molar-refractivity contribution in [3.05, 3.63) is 59.0 Å². The smallest absolute Gasteiger partial charge is 0.253 e. The molecule has 27 heavy (non-hydrogen) atoms. The molecule has 0 aliphatic carbocycles. The fraction of sp³-hybridized carbons (Fsp3) is 0.176. The largest absolute Gasteiger partial charge is 0.467 e. The van der Waals surface area contributed by atoms with Gasteiger partial charge in [0.25, 0.3) is 5.91 Å². The monoisotopic (exact) mass is 419 g/mol. The van der Waals surface area contributed by atoms with Crippen LogP contribution in [0.25, 0.3) is 0 Å². The van der Waals surface area contributed by atoms with Gasteiger partial charge in [-0.3, -0.25) is 4.79 Å². The van der Waals surface area contributed by atoms with Crippen molar-refractivity contribution in [3.8, 4) is 0 Å². The first-order valence-electron chi connectivity index (χ1n) is 8.01. The van der Waals surface area contributed by atoms with Gasteiger partial charge in [-0.2, -0.15) is 5.10 Å². The second kappa shape index (κ2) is 7.71. The summed E-state index contributed by atoms with van der Waals surface area (Å²) >= 11 is 8.51. The number of nitrogens with zero attached hydrogens (tertiary/aromatic N) is 4.